The highest BCUT2D eigenvalue weighted by molar-refractivity contribution is 5.42. The minimum absolute atomic E-state index is 0.00259. The molecule has 1 aromatic rings. The predicted molar refractivity (Wildman–Crippen MR) is 58.8 cm³/mol. The van der Waals surface area contributed by atoms with Crippen LogP contribution in [0.3, 0.4) is 0 Å². The Bertz CT molecular complexity index is 406. The maximum absolute atomic E-state index is 11.6. The van der Waals surface area contributed by atoms with Crippen LogP contribution in [0, 0.1) is 6.92 Å². The number of hydrogen-bond acceptors (Lipinski definition) is 3. The van der Waals surface area contributed by atoms with Gasteiger partial charge >= 0.3 is 0 Å². The number of pyridine rings is 1. The van der Waals surface area contributed by atoms with Crippen LogP contribution in [0.1, 0.15) is 18.4 Å². The average Bonchev–Trinajstić information content (AvgIpc) is 2.67. The minimum Gasteiger partial charge on any atom is -0.397 e. The molecule has 1 fully saturated rings. The van der Waals surface area contributed by atoms with Gasteiger partial charge < -0.3 is 15.0 Å². The van der Waals surface area contributed by atoms with E-state index in [0.717, 1.165) is 25.0 Å². The summed E-state index contributed by atoms with van der Waals surface area (Å²) < 4.78 is 7.12. The molecule has 4 nitrogen and oxygen atoms in total. The minimum atomic E-state index is -0.00259. The topological polar surface area (TPSA) is 57.2 Å². The number of nitrogens with zero attached hydrogens (tertiary/aromatic N) is 1. The molecule has 1 aromatic heterocycles. The van der Waals surface area contributed by atoms with Crippen LogP contribution in [0.4, 0.5) is 5.69 Å². The molecule has 82 valence electrons. The van der Waals surface area contributed by atoms with E-state index >= 15 is 0 Å². The van der Waals surface area contributed by atoms with E-state index in [1.807, 2.05) is 6.92 Å². The van der Waals surface area contributed by atoms with Crippen molar-refractivity contribution in [2.24, 2.45) is 0 Å². The Kier molecular flexibility index (Phi) is 2.77. The molecule has 0 aliphatic carbocycles. The first kappa shape index (κ1) is 10.2. The summed E-state index contributed by atoms with van der Waals surface area (Å²) in [5.74, 6) is 0. The predicted octanol–water partition coefficient (Wildman–Crippen LogP) is 0.918. The second-order valence-corrected chi connectivity index (χ2v) is 4.04. The summed E-state index contributed by atoms with van der Waals surface area (Å²) in [5, 5.41) is 0. The van der Waals surface area contributed by atoms with Crippen LogP contribution < -0.4 is 11.3 Å². The maximum atomic E-state index is 11.6. The van der Waals surface area contributed by atoms with E-state index < -0.39 is 0 Å². The van der Waals surface area contributed by atoms with E-state index in [2.05, 4.69) is 0 Å². The monoisotopic (exact) mass is 208 g/mol. The number of aromatic nitrogens is 1. The first-order chi connectivity index (χ1) is 7.16. The Morgan fingerprint density at radius 3 is 3.13 bits per heavy atom. The average molecular weight is 208 g/mol. The van der Waals surface area contributed by atoms with Crippen molar-refractivity contribution in [3.05, 3.63) is 28.2 Å². The van der Waals surface area contributed by atoms with Crippen LogP contribution in [0.5, 0.6) is 0 Å². The Morgan fingerprint density at radius 1 is 1.67 bits per heavy atom. The van der Waals surface area contributed by atoms with Crippen molar-refractivity contribution in [2.75, 3.05) is 12.3 Å². The Morgan fingerprint density at radius 2 is 2.47 bits per heavy atom. The highest BCUT2D eigenvalue weighted by atomic mass is 16.5. The van der Waals surface area contributed by atoms with E-state index in [0.29, 0.717) is 12.2 Å². The molecule has 15 heavy (non-hydrogen) atoms. The van der Waals surface area contributed by atoms with Crippen molar-refractivity contribution < 1.29 is 4.74 Å². The molecule has 4 heteroatoms. The lowest BCUT2D eigenvalue weighted by atomic mass is 10.2. The van der Waals surface area contributed by atoms with Crippen LogP contribution in [0.15, 0.2) is 17.1 Å². The van der Waals surface area contributed by atoms with Gasteiger partial charge in [-0.3, -0.25) is 4.79 Å². The van der Waals surface area contributed by atoms with Crippen LogP contribution in [0.2, 0.25) is 0 Å². The van der Waals surface area contributed by atoms with Gasteiger partial charge in [0.25, 0.3) is 5.56 Å². The highest BCUT2D eigenvalue weighted by Crippen LogP contribution is 2.14. The summed E-state index contributed by atoms with van der Waals surface area (Å²) in [4.78, 5) is 11.6. The number of nitrogens with two attached hydrogens (primary N) is 1. The summed E-state index contributed by atoms with van der Waals surface area (Å²) in [6, 6.07) is 1.57. The zero-order chi connectivity index (χ0) is 10.8. The molecule has 1 aliphatic heterocycles. The van der Waals surface area contributed by atoms with Crippen LogP contribution in [-0.2, 0) is 11.3 Å². The third-order valence-corrected chi connectivity index (χ3v) is 2.80. The summed E-state index contributed by atoms with van der Waals surface area (Å²) in [6.45, 7) is 3.26. The molecule has 2 heterocycles. The van der Waals surface area contributed by atoms with Crippen molar-refractivity contribution in [1.82, 2.24) is 4.57 Å². The molecule has 2 rings (SSSR count). The number of anilines is 1. The molecule has 0 amide bonds. The van der Waals surface area contributed by atoms with E-state index in [1.165, 1.54) is 0 Å². The molecule has 1 saturated heterocycles. The van der Waals surface area contributed by atoms with Gasteiger partial charge in [0.05, 0.1) is 18.3 Å². The molecular formula is C11H16N2O2. The number of aryl methyl sites for hydroxylation is 1. The van der Waals surface area contributed by atoms with Gasteiger partial charge in [-0.15, -0.1) is 0 Å². The lowest BCUT2D eigenvalue weighted by Gasteiger charge is -2.12. The molecular weight excluding hydrogens is 192 g/mol. The number of ether oxygens (including phenoxy) is 1. The van der Waals surface area contributed by atoms with E-state index in [4.69, 9.17) is 10.5 Å². The SMILES string of the molecule is Cc1cc(=O)n(CC2CCCO2)cc1N. The Hall–Kier alpha value is -1.29. The standard InChI is InChI=1S/C11H16N2O2/c1-8-5-11(14)13(7-10(8)12)6-9-3-2-4-15-9/h5,7,9H,2-4,6,12H2,1H3. The van der Waals surface area contributed by atoms with Crippen LogP contribution in [-0.4, -0.2) is 17.3 Å². The summed E-state index contributed by atoms with van der Waals surface area (Å²) in [5.41, 5.74) is 7.26. The second-order valence-electron chi connectivity index (χ2n) is 4.04. The van der Waals surface area contributed by atoms with Crippen LogP contribution in [0.25, 0.3) is 0 Å². The molecule has 0 bridgehead atoms. The molecule has 0 radical (unpaired) electrons. The molecule has 1 aliphatic rings. The molecule has 1 unspecified atom stereocenters. The highest BCUT2D eigenvalue weighted by Gasteiger charge is 2.16. The Balaban J connectivity index is 2.20. The third-order valence-electron chi connectivity index (χ3n) is 2.80. The van der Waals surface area contributed by atoms with Crippen molar-refractivity contribution in [1.29, 1.82) is 0 Å². The van der Waals surface area contributed by atoms with Gasteiger partial charge in [0.1, 0.15) is 0 Å². The lowest BCUT2D eigenvalue weighted by Crippen LogP contribution is -2.26. The summed E-state index contributed by atoms with van der Waals surface area (Å²) in [6.07, 6.45) is 3.99. The first-order valence-electron chi connectivity index (χ1n) is 5.25. The number of nitrogen functional groups attached to an aromatic ring is 1. The van der Waals surface area contributed by atoms with Gasteiger partial charge in [-0.05, 0) is 25.3 Å². The molecule has 2 N–H and O–H groups in total. The van der Waals surface area contributed by atoms with Crippen molar-refractivity contribution in [2.45, 2.75) is 32.4 Å². The van der Waals surface area contributed by atoms with Gasteiger partial charge in [-0.25, -0.2) is 0 Å². The molecule has 0 saturated carbocycles. The third kappa shape index (κ3) is 2.21. The fourth-order valence-electron chi connectivity index (χ4n) is 1.84. The van der Waals surface area contributed by atoms with E-state index in [9.17, 15) is 4.79 Å². The number of rotatable bonds is 2. The largest absolute Gasteiger partial charge is 0.397 e. The van der Waals surface area contributed by atoms with Gasteiger partial charge in [0.15, 0.2) is 0 Å². The number of hydrogen-bond donors (Lipinski definition) is 1. The fourth-order valence-corrected chi connectivity index (χ4v) is 1.84. The molecule has 0 spiro atoms. The van der Waals surface area contributed by atoms with E-state index in [1.54, 1.807) is 16.8 Å². The van der Waals surface area contributed by atoms with E-state index in [-0.39, 0.29) is 11.7 Å². The van der Waals surface area contributed by atoms with Gasteiger partial charge in [-0.1, -0.05) is 0 Å². The first-order valence-corrected chi connectivity index (χ1v) is 5.25. The van der Waals surface area contributed by atoms with Gasteiger partial charge in [0.2, 0.25) is 0 Å². The maximum Gasteiger partial charge on any atom is 0.251 e. The normalized spacial score (nSPS) is 20.7. The quantitative estimate of drug-likeness (QED) is 0.786. The summed E-state index contributed by atoms with van der Waals surface area (Å²) >= 11 is 0. The molecule has 0 aromatic carbocycles. The zero-order valence-corrected chi connectivity index (χ0v) is 8.90. The lowest BCUT2D eigenvalue weighted by molar-refractivity contribution is 0.0962. The smallest absolute Gasteiger partial charge is 0.251 e. The van der Waals surface area contributed by atoms with Crippen molar-refractivity contribution >= 4 is 5.69 Å². The van der Waals surface area contributed by atoms with Crippen molar-refractivity contribution in [3.63, 3.8) is 0 Å². The zero-order valence-electron chi connectivity index (χ0n) is 8.90. The van der Waals surface area contributed by atoms with Gasteiger partial charge in [-0.2, -0.15) is 0 Å². The summed E-state index contributed by atoms with van der Waals surface area (Å²) in [7, 11) is 0. The second kappa shape index (κ2) is 4.06. The van der Waals surface area contributed by atoms with Crippen molar-refractivity contribution in [3.8, 4) is 0 Å². The van der Waals surface area contributed by atoms with Crippen LogP contribution >= 0.6 is 0 Å². The fraction of sp³-hybridized carbons (Fsp3) is 0.545. The Labute approximate surface area is 88.7 Å². The van der Waals surface area contributed by atoms with Gasteiger partial charge in [0, 0.05) is 18.9 Å². The molecule has 1 atom stereocenters.